The van der Waals surface area contributed by atoms with E-state index < -0.39 is 8.03 Å². The summed E-state index contributed by atoms with van der Waals surface area (Å²) in [5.41, 5.74) is -0.0324. The van der Waals surface area contributed by atoms with Crippen LogP contribution in [0.4, 0.5) is 0 Å². The van der Waals surface area contributed by atoms with Crippen LogP contribution in [0.2, 0.25) is 0 Å². The summed E-state index contributed by atoms with van der Waals surface area (Å²) in [7, 11) is -1.91. The van der Waals surface area contributed by atoms with Crippen LogP contribution in [0.5, 0.6) is 0 Å². The van der Waals surface area contributed by atoms with Gasteiger partial charge < -0.3 is 0 Å². The van der Waals surface area contributed by atoms with Crippen molar-refractivity contribution in [3.8, 4) is 0 Å². The van der Waals surface area contributed by atoms with Crippen molar-refractivity contribution in [3.05, 3.63) is 0 Å². The largest absolute Gasteiger partial charge is 0.508 e. The van der Waals surface area contributed by atoms with Crippen molar-refractivity contribution in [2.75, 3.05) is 0 Å². The van der Waals surface area contributed by atoms with E-state index in [0.717, 1.165) is 6.42 Å². The van der Waals surface area contributed by atoms with Gasteiger partial charge in [0.15, 0.2) is 23.0 Å². The second-order valence-corrected chi connectivity index (χ2v) is 3.05. The van der Waals surface area contributed by atoms with Gasteiger partial charge in [-0.1, -0.05) is 6.92 Å². The molecule has 8 heavy (non-hydrogen) atoms. The number of rotatable bonds is 2. The molecule has 0 aliphatic carbocycles. The van der Waals surface area contributed by atoms with Crippen molar-refractivity contribution in [2.45, 2.75) is 25.9 Å². The highest BCUT2D eigenvalue weighted by atomic mass is 31.1. The predicted molar refractivity (Wildman–Crippen MR) is 39.5 cm³/mol. The fraction of sp³-hybridized carbons (Fsp3) is 1.00. The van der Waals surface area contributed by atoms with E-state index in [-0.39, 0.29) is 23.0 Å². The Morgan fingerprint density at radius 1 is 1.75 bits per heavy atom. The third-order valence-electron chi connectivity index (χ3n) is 0.968. The summed E-state index contributed by atoms with van der Waals surface area (Å²) in [6.07, 6.45) is 0.783. The van der Waals surface area contributed by atoms with E-state index in [1.807, 2.05) is 6.92 Å². The predicted octanol–water partition coefficient (Wildman–Crippen LogP) is 0.336. The van der Waals surface area contributed by atoms with Gasteiger partial charge in [0.05, 0.1) is 0 Å². The summed E-state index contributed by atoms with van der Waals surface area (Å²) in [6.45, 7) is 3.66. The molecular formula is C4H13AlO2P+. The Morgan fingerprint density at radius 2 is 2.12 bits per heavy atom. The molecule has 0 amide bonds. The molecule has 1 N–H and O–H groups in total. The Kier molecular flexibility index (Phi) is 8.15. The van der Waals surface area contributed by atoms with Crippen LogP contribution in [0.3, 0.4) is 0 Å². The summed E-state index contributed by atoms with van der Waals surface area (Å²) >= 11 is 0. The molecule has 0 aromatic carbocycles. The van der Waals surface area contributed by atoms with Crippen molar-refractivity contribution in [1.82, 2.24) is 0 Å². The first-order chi connectivity index (χ1) is 3.18. The molecule has 0 aliphatic rings. The zero-order valence-corrected chi connectivity index (χ0v) is 5.48. The van der Waals surface area contributed by atoms with Crippen LogP contribution >= 0.6 is 8.03 Å². The first-order valence-corrected chi connectivity index (χ1v) is 3.62. The Labute approximate surface area is 61.3 Å². The molecule has 0 fully saturated rings. The maximum absolute atomic E-state index is 10.1. The second-order valence-electron chi connectivity index (χ2n) is 1.56. The quantitative estimate of drug-likeness (QED) is 0.456. The molecule has 0 radical (unpaired) electrons. The molecular weight excluding hydrogens is 138 g/mol. The molecule has 0 saturated carbocycles. The van der Waals surface area contributed by atoms with E-state index in [4.69, 9.17) is 4.89 Å². The smallest absolute Gasteiger partial charge is 0.161 e. The Morgan fingerprint density at radius 3 is 2.12 bits per heavy atom. The summed E-state index contributed by atoms with van der Waals surface area (Å²) in [4.78, 5) is 8.33. The van der Waals surface area contributed by atoms with Gasteiger partial charge in [0.2, 0.25) is 0 Å². The highest BCUT2D eigenvalue weighted by Gasteiger charge is 2.19. The van der Waals surface area contributed by atoms with Gasteiger partial charge >= 0.3 is 8.03 Å². The van der Waals surface area contributed by atoms with Gasteiger partial charge in [0.1, 0.15) is 0 Å². The molecule has 0 aromatic heterocycles. The number of hydrogen-bond donors (Lipinski definition) is 1. The summed E-state index contributed by atoms with van der Waals surface area (Å²) in [6, 6.07) is 0. The lowest BCUT2D eigenvalue weighted by Gasteiger charge is -1.83. The topological polar surface area (TPSA) is 37.3 Å². The van der Waals surface area contributed by atoms with Crippen LogP contribution in [0, 0.1) is 0 Å². The molecule has 2 atom stereocenters. The van der Waals surface area contributed by atoms with Crippen molar-refractivity contribution >= 4 is 25.4 Å². The fourth-order valence-corrected chi connectivity index (χ4v) is 0.469. The molecule has 48 valence electrons. The lowest BCUT2D eigenvalue weighted by atomic mass is 10.4. The SMILES string of the molecule is CCC(C)[P+](=O)O.[AlH3]. The first kappa shape index (κ1) is 11.4. The summed E-state index contributed by atoms with van der Waals surface area (Å²) in [5, 5.41) is 0. The monoisotopic (exact) mass is 151 g/mol. The standard InChI is InChI=1S/C4H9O2P.Al.3H/c1-3-4(2)7(5)6;;;;/h4H,3H2,1-2H3;;;;/p+1. The summed E-state index contributed by atoms with van der Waals surface area (Å²) in [5.74, 6) is 0. The van der Waals surface area contributed by atoms with Crippen LogP contribution in [0.1, 0.15) is 20.3 Å². The maximum Gasteiger partial charge on any atom is 0.508 e. The molecule has 0 rings (SSSR count). The van der Waals surface area contributed by atoms with Gasteiger partial charge in [0.25, 0.3) is 0 Å². The zero-order valence-electron chi connectivity index (χ0n) is 4.59. The highest BCUT2D eigenvalue weighted by Crippen LogP contribution is 2.23. The van der Waals surface area contributed by atoms with E-state index in [2.05, 4.69) is 0 Å². The lowest BCUT2D eigenvalue weighted by molar-refractivity contribution is 0.490. The van der Waals surface area contributed by atoms with Crippen LogP contribution in [-0.2, 0) is 4.57 Å². The third kappa shape index (κ3) is 4.74. The van der Waals surface area contributed by atoms with Crippen LogP contribution in [0.25, 0.3) is 0 Å². The van der Waals surface area contributed by atoms with Gasteiger partial charge in [0, 0.05) is 0 Å². The minimum absolute atomic E-state index is 0. The van der Waals surface area contributed by atoms with Gasteiger partial charge in [-0.15, -0.1) is 0 Å². The van der Waals surface area contributed by atoms with E-state index in [1.165, 1.54) is 0 Å². The van der Waals surface area contributed by atoms with Gasteiger partial charge in [-0.3, -0.25) is 0 Å². The zero-order chi connectivity index (χ0) is 5.86. The molecule has 2 unspecified atom stereocenters. The molecule has 0 bridgehead atoms. The van der Waals surface area contributed by atoms with E-state index in [9.17, 15) is 4.57 Å². The molecule has 0 spiro atoms. The molecule has 4 heteroatoms. The lowest BCUT2D eigenvalue weighted by Crippen LogP contribution is -1.89. The van der Waals surface area contributed by atoms with Crippen molar-refractivity contribution in [1.29, 1.82) is 0 Å². The van der Waals surface area contributed by atoms with Gasteiger partial charge in [-0.25, -0.2) is 0 Å². The Bertz CT molecular complexity index is 76.4. The van der Waals surface area contributed by atoms with Gasteiger partial charge in [-0.2, -0.15) is 4.89 Å². The molecule has 0 saturated heterocycles. The minimum Gasteiger partial charge on any atom is -0.161 e. The molecule has 0 aliphatic heterocycles. The number of hydrogen-bond acceptors (Lipinski definition) is 1. The van der Waals surface area contributed by atoms with E-state index in [0.29, 0.717) is 0 Å². The van der Waals surface area contributed by atoms with Crippen molar-refractivity contribution in [3.63, 3.8) is 0 Å². The van der Waals surface area contributed by atoms with Crippen LogP contribution < -0.4 is 0 Å². The molecule has 2 nitrogen and oxygen atoms in total. The van der Waals surface area contributed by atoms with Gasteiger partial charge in [-0.05, 0) is 17.9 Å². The van der Waals surface area contributed by atoms with E-state index in [1.54, 1.807) is 6.92 Å². The Balaban J connectivity index is 0. The minimum atomic E-state index is -1.91. The molecule has 0 heterocycles. The highest BCUT2D eigenvalue weighted by molar-refractivity contribution is 7.38. The Hall–Kier alpha value is 0.592. The fourth-order valence-electron chi connectivity index (χ4n) is 0.156. The average Bonchev–Trinajstić information content (AvgIpc) is 1.65. The first-order valence-electron chi connectivity index (χ1n) is 2.33. The van der Waals surface area contributed by atoms with E-state index >= 15 is 0 Å². The summed E-state index contributed by atoms with van der Waals surface area (Å²) < 4.78 is 10.1. The van der Waals surface area contributed by atoms with Crippen molar-refractivity contribution in [2.24, 2.45) is 0 Å². The second kappa shape index (κ2) is 5.72. The third-order valence-corrected chi connectivity index (χ3v) is 2.09. The maximum atomic E-state index is 10.1. The molecule has 0 aromatic rings. The normalized spacial score (nSPS) is 14.1. The van der Waals surface area contributed by atoms with Crippen molar-refractivity contribution < 1.29 is 9.46 Å². The average molecular weight is 151 g/mol. The van der Waals surface area contributed by atoms with Crippen LogP contribution in [-0.4, -0.2) is 27.9 Å². The van der Waals surface area contributed by atoms with Crippen LogP contribution in [0.15, 0.2) is 0 Å².